The fourth-order valence-electron chi connectivity index (χ4n) is 2.33. The van der Waals surface area contributed by atoms with Crippen molar-refractivity contribution in [2.24, 2.45) is 11.8 Å². The average molecular weight is 335 g/mol. The molecular weight excluding hydrogens is 310 g/mol. The molecular formula is C18H25NO5. The molecule has 1 aliphatic carbocycles. The molecule has 0 saturated heterocycles. The number of carboxylic acid groups (broad SMARTS) is 1. The normalized spacial score (nSPS) is 15.0. The van der Waals surface area contributed by atoms with Gasteiger partial charge in [0.1, 0.15) is 6.04 Å². The lowest BCUT2D eigenvalue weighted by atomic mass is 10.1. The second kappa shape index (κ2) is 8.04. The first-order chi connectivity index (χ1) is 11.4. The van der Waals surface area contributed by atoms with Gasteiger partial charge in [0.15, 0.2) is 11.5 Å². The summed E-state index contributed by atoms with van der Waals surface area (Å²) in [7, 11) is 1.51. The molecule has 2 rings (SSSR count). The maximum absolute atomic E-state index is 12.3. The third-order valence-corrected chi connectivity index (χ3v) is 3.87. The van der Waals surface area contributed by atoms with E-state index in [1.807, 2.05) is 13.8 Å². The summed E-state index contributed by atoms with van der Waals surface area (Å²) in [6.45, 7) is 4.63. The van der Waals surface area contributed by atoms with Crippen molar-refractivity contribution in [1.82, 2.24) is 5.32 Å². The van der Waals surface area contributed by atoms with Crippen LogP contribution in [0, 0.1) is 11.8 Å². The Balaban J connectivity index is 2.06. The molecule has 0 heterocycles. The van der Waals surface area contributed by atoms with Crippen LogP contribution in [0.5, 0.6) is 11.5 Å². The molecule has 1 fully saturated rings. The Morgan fingerprint density at radius 1 is 1.29 bits per heavy atom. The van der Waals surface area contributed by atoms with Crippen LogP contribution in [0.4, 0.5) is 0 Å². The molecule has 1 atom stereocenters. The van der Waals surface area contributed by atoms with E-state index in [2.05, 4.69) is 5.32 Å². The van der Waals surface area contributed by atoms with E-state index in [1.165, 1.54) is 7.11 Å². The van der Waals surface area contributed by atoms with Gasteiger partial charge in [-0.2, -0.15) is 0 Å². The van der Waals surface area contributed by atoms with Crippen molar-refractivity contribution < 1.29 is 24.2 Å². The number of nitrogens with one attached hydrogen (secondary N) is 1. The second-order valence-corrected chi connectivity index (χ2v) is 6.61. The van der Waals surface area contributed by atoms with Crippen molar-refractivity contribution in [1.29, 1.82) is 0 Å². The molecule has 1 unspecified atom stereocenters. The number of ether oxygens (including phenoxy) is 2. The van der Waals surface area contributed by atoms with Gasteiger partial charge >= 0.3 is 5.97 Å². The highest BCUT2D eigenvalue weighted by Crippen LogP contribution is 2.34. The van der Waals surface area contributed by atoms with Crippen LogP contribution in [-0.2, 0) is 4.79 Å². The fraction of sp³-hybridized carbons (Fsp3) is 0.556. The van der Waals surface area contributed by atoms with E-state index in [0.717, 1.165) is 12.8 Å². The summed E-state index contributed by atoms with van der Waals surface area (Å²) in [5, 5.41) is 11.8. The number of hydrogen-bond acceptors (Lipinski definition) is 4. The summed E-state index contributed by atoms with van der Waals surface area (Å²) < 4.78 is 10.9. The van der Waals surface area contributed by atoms with Crippen molar-refractivity contribution >= 4 is 11.9 Å². The summed E-state index contributed by atoms with van der Waals surface area (Å²) in [4.78, 5) is 23.6. The SMILES string of the molecule is COc1cc(C(=O)NC(CC2CC2)C(=O)O)ccc1OCC(C)C. The average Bonchev–Trinajstić information content (AvgIpc) is 3.35. The van der Waals surface area contributed by atoms with Crippen molar-refractivity contribution in [2.45, 2.75) is 39.2 Å². The Hall–Kier alpha value is -2.24. The summed E-state index contributed by atoms with van der Waals surface area (Å²) in [5.74, 6) is 0.382. The van der Waals surface area contributed by atoms with Gasteiger partial charge in [0, 0.05) is 5.56 Å². The van der Waals surface area contributed by atoms with E-state index in [0.29, 0.717) is 41.9 Å². The molecule has 24 heavy (non-hydrogen) atoms. The van der Waals surface area contributed by atoms with E-state index in [1.54, 1.807) is 18.2 Å². The van der Waals surface area contributed by atoms with Gasteiger partial charge in [-0.15, -0.1) is 0 Å². The third kappa shape index (κ3) is 5.15. The Labute approximate surface area is 142 Å². The first-order valence-electron chi connectivity index (χ1n) is 8.25. The number of carbonyl (C=O) groups excluding carboxylic acids is 1. The summed E-state index contributed by atoms with van der Waals surface area (Å²) in [6, 6.07) is 4.00. The Kier molecular flexibility index (Phi) is 6.06. The highest BCUT2D eigenvalue weighted by atomic mass is 16.5. The summed E-state index contributed by atoms with van der Waals surface area (Å²) in [6.07, 6.45) is 2.55. The van der Waals surface area contributed by atoms with Crippen molar-refractivity contribution in [3.63, 3.8) is 0 Å². The van der Waals surface area contributed by atoms with Crippen molar-refractivity contribution in [2.75, 3.05) is 13.7 Å². The van der Waals surface area contributed by atoms with Crippen LogP contribution in [0.15, 0.2) is 18.2 Å². The minimum atomic E-state index is -1.00. The molecule has 0 aromatic heterocycles. The van der Waals surface area contributed by atoms with Crippen molar-refractivity contribution in [3.8, 4) is 11.5 Å². The molecule has 1 aromatic rings. The van der Waals surface area contributed by atoms with Gasteiger partial charge in [-0.25, -0.2) is 4.79 Å². The van der Waals surface area contributed by atoms with Crippen LogP contribution >= 0.6 is 0 Å². The van der Waals surface area contributed by atoms with Gasteiger partial charge in [-0.1, -0.05) is 26.7 Å². The summed E-state index contributed by atoms with van der Waals surface area (Å²) in [5.41, 5.74) is 0.353. The number of rotatable bonds is 9. The first-order valence-corrected chi connectivity index (χ1v) is 8.25. The second-order valence-electron chi connectivity index (χ2n) is 6.61. The number of carboxylic acids is 1. The fourth-order valence-corrected chi connectivity index (χ4v) is 2.33. The Morgan fingerprint density at radius 2 is 2.00 bits per heavy atom. The Bertz CT molecular complexity index is 595. The van der Waals surface area contributed by atoms with E-state index in [-0.39, 0.29) is 0 Å². The lowest BCUT2D eigenvalue weighted by molar-refractivity contribution is -0.139. The van der Waals surface area contributed by atoms with Gasteiger partial charge < -0.3 is 19.9 Å². The molecule has 1 aromatic carbocycles. The molecule has 1 saturated carbocycles. The maximum atomic E-state index is 12.3. The minimum absolute atomic E-state index is 0.353. The predicted octanol–water partition coefficient (Wildman–Crippen LogP) is 2.71. The van der Waals surface area contributed by atoms with Gasteiger partial charge in [0.25, 0.3) is 5.91 Å². The molecule has 0 aliphatic heterocycles. The zero-order valence-electron chi connectivity index (χ0n) is 14.4. The van der Waals surface area contributed by atoms with Crippen LogP contribution in [0.3, 0.4) is 0 Å². The van der Waals surface area contributed by atoms with Crippen LogP contribution in [0.2, 0.25) is 0 Å². The smallest absolute Gasteiger partial charge is 0.326 e. The maximum Gasteiger partial charge on any atom is 0.326 e. The number of aliphatic carboxylic acids is 1. The monoisotopic (exact) mass is 335 g/mol. The van der Waals surface area contributed by atoms with Gasteiger partial charge in [-0.05, 0) is 36.5 Å². The largest absolute Gasteiger partial charge is 0.493 e. The number of amides is 1. The molecule has 1 amide bonds. The quantitative estimate of drug-likeness (QED) is 0.725. The van der Waals surface area contributed by atoms with Gasteiger partial charge in [0.05, 0.1) is 13.7 Å². The van der Waals surface area contributed by atoms with Gasteiger partial charge in [0.2, 0.25) is 0 Å². The molecule has 1 aliphatic rings. The number of benzene rings is 1. The number of methoxy groups -OCH3 is 1. The lowest BCUT2D eigenvalue weighted by Gasteiger charge is -2.16. The topological polar surface area (TPSA) is 84.9 Å². The standard InChI is InChI=1S/C18H25NO5/c1-11(2)10-24-15-7-6-13(9-16(15)23-3)17(20)19-14(18(21)22)8-12-4-5-12/h6-7,9,11-12,14H,4-5,8,10H2,1-3H3,(H,19,20)(H,21,22). The van der Waals surface area contributed by atoms with Crippen LogP contribution < -0.4 is 14.8 Å². The molecule has 6 nitrogen and oxygen atoms in total. The zero-order valence-corrected chi connectivity index (χ0v) is 14.4. The van der Waals surface area contributed by atoms with E-state index in [9.17, 15) is 14.7 Å². The van der Waals surface area contributed by atoms with E-state index in [4.69, 9.17) is 9.47 Å². The van der Waals surface area contributed by atoms with E-state index >= 15 is 0 Å². The zero-order chi connectivity index (χ0) is 17.7. The highest BCUT2D eigenvalue weighted by molar-refractivity contribution is 5.97. The van der Waals surface area contributed by atoms with Crippen LogP contribution in [-0.4, -0.2) is 36.7 Å². The van der Waals surface area contributed by atoms with Gasteiger partial charge in [-0.3, -0.25) is 4.79 Å². The van der Waals surface area contributed by atoms with Crippen molar-refractivity contribution in [3.05, 3.63) is 23.8 Å². The van der Waals surface area contributed by atoms with E-state index < -0.39 is 17.9 Å². The lowest BCUT2D eigenvalue weighted by Crippen LogP contribution is -2.41. The molecule has 0 spiro atoms. The highest BCUT2D eigenvalue weighted by Gasteiger charge is 2.30. The molecule has 2 N–H and O–H groups in total. The van der Waals surface area contributed by atoms with Crippen LogP contribution in [0.25, 0.3) is 0 Å². The molecule has 0 bridgehead atoms. The number of carbonyl (C=O) groups is 2. The molecule has 6 heteroatoms. The molecule has 0 radical (unpaired) electrons. The summed E-state index contributed by atoms with van der Waals surface area (Å²) >= 11 is 0. The molecule has 132 valence electrons. The minimum Gasteiger partial charge on any atom is -0.493 e. The number of hydrogen-bond donors (Lipinski definition) is 2. The van der Waals surface area contributed by atoms with Crippen LogP contribution in [0.1, 0.15) is 43.5 Å². The third-order valence-electron chi connectivity index (χ3n) is 3.87. The Morgan fingerprint density at radius 3 is 2.54 bits per heavy atom. The first kappa shape index (κ1) is 18.1. The predicted molar refractivity (Wildman–Crippen MR) is 89.6 cm³/mol.